The fourth-order valence-corrected chi connectivity index (χ4v) is 2.76. The van der Waals surface area contributed by atoms with Crippen LogP contribution in [0.2, 0.25) is 0 Å². The number of nitrogens with zero attached hydrogens (tertiary/aromatic N) is 1. The van der Waals surface area contributed by atoms with Gasteiger partial charge in [0.25, 0.3) is 0 Å². The second kappa shape index (κ2) is 9.71. The zero-order valence-electron chi connectivity index (χ0n) is 16.7. The summed E-state index contributed by atoms with van der Waals surface area (Å²) in [5.41, 5.74) is 3.43. The van der Waals surface area contributed by atoms with E-state index < -0.39 is 0 Å². The summed E-state index contributed by atoms with van der Waals surface area (Å²) < 4.78 is 10.4. The molecule has 27 heavy (non-hydrogen) atoms. The molecular formula is C21H29N3O3. The van der Waals surface area contributed by atoms with Gasteiger partial charge >= 0.3 is 0 Å². The van der Waals surface area contributed by atoms with Crippen molar-refractivity contribution < 1.29 is 14.6 Å². The maximum Gasteiger partial charge on any atom is 0.200 e. The molecular weight excluding hydrogens is 342 g/mol. The van der Waals surface area contributed by atoms with E-state index in [0.29, 0.717) is 24.0 Å². The van der Waals surface area contributed by atoms with Crippen LogP contribution >= 0.6 is 0 Å². The molecule has 0 aromatic heterocycles. The van der Waals surface area contributed by atoms with Gasteiger partial charge in [-0.2, -0.15) is 0 Å². The number of ether oxygens (including phenoxy) is 2. The number of aliphatic imine (C=N–C) groups is 1. The minimum atomic E-state index is -0.00425. The van der Waals surface area contributed by atoms with E-state index in [1.165, 1.54) is 25.3 Å². The second-order valence-electron chi connectivity index (χ2n) is 6.24. The van der Waals surface area contributed by atoms with E-state index in [1.807, 2.05) is 0 Å². The van der Waals surface area contributed by atoms with Crippen LogP contribution in [0.5, 0.6) is 17.2 Å². The molecule has 3 N–H and O–H groups in total. The summed E-state index contributed by atoms with van der Waals surface area (Å²) in [5, 5.41) is 16.7. The van der Waals surface area contributed by atoms with Gasteiger partial charge in [-0.1, -0.05) is 31.2 Å². The van der Waals surface area contributed by atoms with Crippen molar-refractivity contribution in [2.24, 2.45) is 4.99 Å². The highest BCUT2D eigenvalue weighted by Crippen LogP contribution is 2.37. The van der Waals surface area contributed by atoms with Crippen molar-refractivity contribution in [3.63, 3.8) is 0 Å². The van der Waals surface area contributed by atoms with Gasteiger partial charge in [-0.25, -0.2) is 0 Å². The van der Waals surface area contributed by atoms with Gasteiger partial charge in [-0.05, 0) is 42.2 Å². The number of aromatic hydroxyl groups is 1. The number of guanidine groups is 1. The fourth-order valence-electron chi connectivity index (χ4n) is 2.76. The first-order chi connectivity index (χ1) is 13.0. The van der Waals surface area contributed by atoms with Crippen molar-refractivity contribution in [1.29, 1.82) is 0 Å². The Labute approximate surface area is 161 Å². The molecule has 0 aliphatic carbocycles. The lowest BCUT2D eigenvalue weighted by Gasteiger charge is -2.19. The van der Waals surface area contributed by atoms with Gasteiger partial charge in [0, 0.05) is 13.6 Å². The number of phenols is 1. The quantitative estimate of drug-likeness (QED) is 0.514. The fraction of sp³-hybridized carbons (Fsp3) is 0.381. The van der Waals surface area contributed by atoms with E-state index >= 15 is 0 Å². The lowest BCUT2D eigenvalue weighted by molar-refractivity contribution is 0.339. The summed E-state index contributed by atoms with van der Waals surface area (Å²) in [5.74, 6) is 1.43. The minimum absolute atomic E-state index is 0.00425. The van der Waals surface area contributed by atoms with Crippen molar-refractivity contribution in [3.05, 3.63) is 53.1 Å². The van der Waals surface area contributed by atoms with Crippen LogP contribution in [-0.2, 0) is 13.0 Å². The number of methoxy groups -OCH3 is 2. The van der Waals surface area contributed by atoms with E-state index in [1.54, 1.807) is 19.2 Å². The molecule has 6 heteroatoms. The lowest BCUT2D eigenvalue weighted by atomic mass is 10.1. The van der Waals surface area contributed by atoms with Crippen molar-refractivity contribution in [3.8, 4) is 17.2 Å². The summed E-state index contributed by atoms with van der Waals surface area (Å²) in [7, 11) is 4.76. The summed E-state index contributed by atoms with van der Waals surface area (Å²) in [6, 6.07) is 12.2. The van der Waals surface area contributed by atoms with Crippen molar-refractivity contribution in [1.82, 2.24) is 10.6 Å². The molecule has 0 heterocycles. The average molecular weight is 371 g/mol. The molecule has 0 spiro atoms. The first-order valence-electron chi connectivity index (χ1n) is 9.02. The van der Waals surface area contributed by atoms with E-state index in [2.05, 4.69) is 53.7 Å². The predicted octanol–water partition coefficient (Wildman–Crippen LogP) is 3.40. The molecule has 2 rings (SSSR count). The van der Waals surface area contributed by atoms with Crippen LogP contribution < -0.4 is 20.1 Å². The van der Waals surface area contributed by atoms with Crippen LogP contribution in [0.3, 0.4) is 0 Å². The number of hydrogen-bond donors (Lipinski definition) is 3. The predicted molar refractivity (Wildman–Crippen MR) is 109 cm³/mol. The molecule has 0 bridgehead atoms. The number of aryl methyl sites for hydroxylation is 1. The Morgan fingerprint density at radius 2 is 1.67 bits per heavy atom. The topological polar surface area (TPSA) is 75.1 Å². The number of phenolic OH excluding ortho intramolecular Hbond substituents is 1. The monoisotopic (exact) mass is 371 g/mol. The maximum absolute atomic E-state index is 10.0. The molecule has 146 valence electrons. The molecule has 0 radical (unpaired) electrons. The summed E-state index contributed by atoms with van der Waals surface area (Å²) in [6.07, 6.45) is 1.03. The van der Waals surface area contributed by atoms with Gasteiger partial charge in [0.15, 0.2) is 17.5 Å². The number of benzene rings is 2. The van der Waals surface area contributed by atoms with Gasteiger partial charge in [-0.15, -0.1) is 0 Å². The highest BCUT2D eigenvalue weighted by Gasteiger charge is 2.12. The molecule has 0 fully saturated rings. The largest absolute Gasteiger partial charge is 0.502 e. The highest BCUT2D eigenvalue weighted by molar-refractivity contribution is 5.80. The first-order valence-corrected chi connectivity index (χ1v) is 9.02. The third-order valence-corrected chi connectivity index (χ3v) is 4.46. The molecule has 6 nitrogen and oxygen atoms in total. The third-order valence-electron chi connectivity index (χ3n) is 4.46. The standard InChI is InChI=1S/C21H29N3O3/c1-6-15-7-9-17(10-8-15)14(2)24-21(22-3)23-13-16-11-18(26-4)20(25)19(12-16)27-5/h7-12,14,25H,6,13H2,1-5H3,(H2,22,23,24). The molecule has 0 aliphatic heterocycles. The van der Waals surface area contributed by atoms with Gasteiger partial charge in [0.1, 0.15) is 0 Å². The van der Waals surface area contributed by atoms with E-state index in [-0.39, 0.29) is 11.8 Å². The molecule has 0 saturated carbocycles. The van der Waals surface area contributed by atoms with Gasteiger partial charge < -0.3 is 25.2 Å². The zero-order valence-corrected chi connectivity index (χ0v) is 16.7. The Balaban J connectivity index is 2.03. The van der Waals surface area contributed by atoms with Crippen LogP contribution in [0.15, 0.2) is 41.4 Å². The first kappa shape index (κ1) is 20.4. The van der Waals surface area contributed by atoms with Gasteiger partial charge in [-0.3, -0.25) is 4.99 Å². The van der Waals surface area contributed by atoms with Crippen molar-refractivity contribution >= 4 is 5.96 Å². The normalized spacial score (nSPS) is 12.4. The van der Waals surface area contributed by atoms with Crippen molar-refractivity contribution in [2.45, 2.75) is 32.9 Å². The molecule has 0 saturated heterocycles. The Morgan fingerprint density at radius 1 is 1.07 bits per heavy atom. The SMILES string of the molecule is CCc1ccc(C(C)NC(=NC)NCc2cc(OC)c(O)c(OC)c2)cc1. The number of nitrogens with one attached hydrogen (secondary N) is 2. The third kappa shape index (κ3) is 5.29. The van der Waals surface area contributed by atoms with Gasteiger partial charge in [0.05, 0.1) is 20.3 Å². The highest BCUT2D eigenvalue weighted by atomic mass is 16.5. The number of hydrogen-bond acceptors (Lipinski definition) is 4. The van der Waals surface area contributed by atoms with Crippen molar-refractivity contribution in [2.75, 3.05) is 21.3 Å². The summed E-state index contributed by atoms with van der Waals surface area (Å²) in [6.45, 7) is 4.75. The molecule has 2 aromatic rings. The van der Waals surface area contributed by atoms with Crippen LogP contribution in [0, 0.1) is 0 Å². The van der Waals surface area contributed by atoms with Crippen LogP contribution in [0.4, 0.5) is 0 Å². The molecule has 2 aromatic carbocycles. The Hall–Kier alpha value is -2.89. The number of rotatable bonds is 7. The Morgan fingerprint density at radius 3 is 2.15 bits per heavy atom. The van der Waals surface area contributed by atoms with Crippen LogP contribution in [0.25, 0.3) is 0 Å². The smallest absolute Gasteiger partial charge is 0.200 e. The molecule has 0 amide bonds. The summed E-state index contributed by atoms with van der Waals surface area (Å²) >= 11 is 0. The van der Waals surface area contributed by atoms with E-state index in [0.717, 1.165) is 12.0 Å². The van der Waals surface area contributed by atoms with Crippen LogP contribution in [-0.4, -0.2) is 32.3 Å². The second-order valence-corrected chi connectivity index (χ2v) is 6.24. The van der Waals surface area contributed by atoms with Gasteiger partial charge in [0.2, 0.25) is 5.75 Å². The van der Waals surface area contributed by atoms with Crippen LogP contribution in [0.1, 0.15) is 36.6 Å². The summed E-state index contributed by atoms with van der Waals surface area (Å²) in [4.78, 5) is 4.29. The molecule has 1 atom stereocenters. The Kier molecular flexibility index (Phi) is 7.34. The molecule has 0 aliphatic rings. The zero-order chi connectivity index (χ0) is 19.8. The maximum atomic E-state index is 10.0. The average Bonchev–Trinajstić information content (AvgIpc) is 2.71. The minimum Gasteiger partial charge on any atom is -0.502 e. The van der Waals surface area contributed by atoms with E-state index in [4.69, 9.17) is 9.47 Å². The Bertz CT molecular complexity index is 748. The lowest BCUT2D eigenvalue weighted by Crippen LogP contribution is -2.38. The van der Waals surface area contributed by atoms with E-state index in [9.17, 15) is 5.11 Å². The molecule has 1 unspecified atom stereocenters.